The standard InChI is InChI=1S/C13H19N3O4S/c1-21(19,20)15-13-5-3-2-4-12(13)14-10-6-8-11(9-7-10)16(17)18/h6-9,12-15H,2-5H2,1H3. The molecule has 0 radical (unpaired) electrons. The van der Waals surface area contributed by atoms with Gasteiger partial charge in [0.05, 0.1) is 11.2 Å². The normalized spacial score (nSPS) is 22.7. The van der Waals surface area contributed by atoms with Crippen molar-refractivity contribution in [3.8, 4) is 0 Å². The molecule has 1 saturated carbocycles. The van der Waals surface area contributed by atoms with E-state index < -0.39 is 14.9 Å². The van der Waals surface area contributed by atoms with E-state index >= 15 is 0 Å². The molecular formula is C13H19N3O4S. The summed E-state index contributed by atoms with van der Waals surface area (Å²) >= 11 is 0. The molecule has 8 heteroatoms. The van der Waals surface area contributed by atoms with Gasteiger partial charge >= 0.3 is 0 Å². The average Bonchev–Trinajstić information content (AvgIpc) is 2.40. The Morgan fingerprint density at radius 1 is 1.14 bits per heavy atom. The lowest BCUT2D eigenvalue weighted by Gasteiger charge is -2.32. The van der Waals surface area contributed by atoms with Crippen LogP contribution in [0.25, 0.3) is 0 Å². The molecule has 2 atom stereocenters. The van der Waals surface area contributed by atoms with Crippen LogP contribution in [0, 0.1) is 10.1 Å². The lowest BCUT2D eigenvalue weighted by atomic mass is 9.91. The Kier molecular flexibility index (Phi) is 4.79. The van der Waals surface area contributed by atoms with Crippen LogP contribution in [0.3, 0.4) is 0 Å². The molecule has 1 fully saturated rings. The quantitative estimate of drug-likeness (QED) is 0.638. The average molecular weight is 313 g/mol. The Hall–Kier alpha value is -1.67. The summed E-state index contributed by atoms with van der Waals surface area (Å²) in [5.74, 6) is 0. The highest BCUT2D eigenvalue weighted by molar-refractivity contribution is 7.88. The highest BCUT2D eigenvalue weighted by atomic mass is 32.2. The Morgan fingerprint density at radius 2 is 1.71 bits per heavy atom. The summed E-state index contributed by atoms with van der Waals surface area (Å²) in [6.45, 7) is 0. The van der Waals surface area contributed by atoms with Crippen molar-refractivity contribution in [3.63, 3.8) is 0 Å². The minimum Gasteiger partial charge on any atom is -0.381 e. The monoisotopic (exact) mass is 313 g/mol. The molecule has 0 bridgehead atoms. The third kappa shape index (κ3) is 4.68. The van der Waals surface area contributed by atoms with Crippen LogP contribution < -0.4 is 10.0 Å². The molecule has 0 heterocycles. The first-order valence-electron chi connectivity index (χ1n) is 6.83. The van der Waals surface area contributed by atoms with E-state index in [0.29, 0.717) is 0 Å². The van der Waals surface area contributed by atoms with Crippen LogP contribution in [0.2, 0.25) is 0 Å². The fraction of sp³-hybridized carbons (Fsp3) is 0.538. The zero-order chi connectivity index (χ0) is 15.5. The highest BCUT2D eigenvalue weighted by Gasteiger charge is 2.27. The maximum atomic E-state index is 11.4. The van der Waals surface area contributed by atoms with Crippen molar-refractivity contribution in [2.24, 2.45) is 0 Å². The molecular weight excluding hydrogens is 294 g/mol. The third-order valence-electron chi connectivity index (χ3n) is 3.56. The second-order valence-electron chi connectivity index (χ2n) is 5.34. The van der Waals surface area contributed by atoms with Crippen molar-refractivity contribution in [1.29, 1.82) is 0 Å². The minimum atomic E-state index is -3.25. The van der Waals surface area contributed by atoms with E-state index in [1.165, 1.54) is 12.1 Å². The number of nitro benzene ring substituents is 1. The fourth-order valence-electron chi connectivity index (χ4n) is 2.61. The summed E-state index contributed by atoms with van der Waals surface area (Å²) in [7, 11) is -3.25. The Labute approximate surface area is 123 Å². The fourth-order valence-corrected chi connectivity index (χ4v) is 3.45. The van der Waals surface area contributed by atoms with Gasteiger partial charge in [0.15, 0.2) is 0 Å². The van der Waals surface area contributed by atoms with Gasteiger partial charge in [0, 0.05) is 29.9 Å². The summed E-state index contributed by atoms with van der Waals surface area (Å²) in [6.07, 6.45) is 4.84. The largest absolute Gasteiger partial charge is 0.381 e. The predicted octanol–water partition coefficient (Wildman–Crippen LogP) is 1.87. The van der Waals surface area contributed by atoms with Crippen LogP contribution in [0.15, 0.2) is 24.3 Å². The molecule has 1 aliphatic rings. The summed E-state index contributed by atoms with van der Waals surface area (Å²) in [4.78, 5) is 10.2. The molecule has 21 heavy (non-hydrogen) atoms. The van der Waals surface area contributed by atoms with Crippen LogP contribution >= 0.6 is 0 Å². The van der Waals surface area contributed by atoms with Gasteiger partial charge in [0.1, 0.15) is 0 Å². The first kappa shape index (κ1) is 15.7. The van der Waals surface area contributed by atoms with Crippen molar-refractivity contribution in [2.45, 2.75) is 37.8 Å². The molecule has 1 aromatic carbocycles. The van der Waals surface area contributed by atoms with Crippen LogP contribution in [0.4, 0.5) is 11.4 Å². The number of nitrogens with zero attached hydrogens (tertiary/aromatic N) is 1. The van der Waals surface area contributed by atoms with Gasteiger partial charge in [-0.2, -0.15) is 0 Å². The molecule has 0 spiro atoms. The van der Waals surface area contributed by atoms with Gasteiger partial charge < -0.3 is 5.32 Å². The lowest BCUT2D eigenvalue weighted by molar-refractivity contribution is -0.384. The van der Waals surface area contributed by atoms with Crippen molar-refractivity contribution >= 4 is 21.4 Å². The number of hydrogen-bond donors (Lipinski definition) is 2. The Bertz CT molecular complexity index is 600. The molecule has 1 aromatic rings. The molecule has 2 unspecified atom stereocenters. The molecule has 0 amide bonds. The first-order valence-corrected chi connectivity index (χ1v) is 8.72. The van der Waals surface area contributed by atoms with E-state index in [4.69, 9.17) is 0 Å². The number of rotatable bonds is 5. The van der Waals surface area contributed by atoms with Crippen LogP contribution in [-0.4, -0.2) is 31.7 Å². The summed E-state index contributed by atoms with van der Waals surface area (Å²) in [6, 6.07) is 6.00. The van der Waals surface area contributed by atoms with E-state index in [0.717, 1.165) is 37.6 Å². The molecule has 1 aliphatic carbocycles. The van der Waals surface area contributed by atoms with E-state index in [1.54, 1.807) is 12.1 Å². The van der Waals surface area contributed by atoms with Gasteiger partial charge in [0.2, 0.25) is 10.0 Å². The number of benzene rings is 1. The first-order chi connectivity index (χ1) is 9.85. The SMILES string of the molecule is CS(=O)(=O)NC1CCCCC1Nc1ccc([N+](=O)[O-])cc1. The molecule has 2 rings (SSSR count). The van der Waals surface area contributed by atoms with Gasteiger partial charge in [-0.3, -0.25) is 10.1 Å². The van der Waals surface area contributed by atoms with Crippen LogP contribution in [0.5, 0.6) is 0 Å². The Morgan fingerprint density at radius 3 is 2.24 bits per heavy atom. The molecule has 7 nitrogen and oxygen atoms in total. The molecule has 2 N–H and O–H groups in total. The predicted molar refractivity (Wildman–Crippen MR) is 80.7 cm³/mol. The van der Waals surface area contributed by atoms with Crippen molar-refractivity contribution in [1.82, 2.24) is 4.72 Å². The summed E-state index contributed by atoms with van der Waals surface area (Å²) in [5.41, 5.74) is 0.794. The van der Waals surface area contributed by atoms with Crippen LogP contribution in [-0.2, 0) is 10.0 Å². The zero-order valence-electron chi connectivity index (χ0n) is 11.8. The minimum absolute atomic E-state index is 0.00469. The van der Waals surface area contributed by atoms with Crippen molar-refractivity contribution < 1.29 is 13.3 Å². The Balaban J connectivity index is 2.06. The van der Waals surface area contributed by atoms with Crippen molar-refractivity contribution in [3.05, 3.63) is 34.4 Å². The molecule has 0 saturated heterocycles. The van der Waals surface area contributed by atoms with E-state index in [2.05, 4.69) is 10.0 Å². The zero-order valence-corrected chi connectivity index (χ0v) is 12.6. The number of anilines is 1. The van der Waals surface area contributed by atoms with Crippen LogP contribution in [0.1, 0.15) is 25.7 Å². The van der Waals surface area contributed by atoms with Crippen molar-refractivity contribution in [2.75, 3.05) is 11.6 Å². The van der Waals surface area contributed by atoms with Gasteiger partial charge in [-0.25, -0.2) is 13.1 Å². The highest BCUT2D eigenvalue weighted by Crippen LogP contribution is 2.24. The van der Waals surface area contributed by atoms with E-state index in [1.807, 2.05) is 0 Å². The number of nitro groups is 1. The third-order valence-corrected chi connectivity index (χ3v) is 4.29. The second kappa shape index (κ2) is 6.40. The topological polar surface area (TPSA) is 101 Å². The maximum absolute atomic E-state index is 11.4. The van der Waals surface area contributed by atoms with E-state index in [9.17, 15) is 18.5 Å². The second-order valence-corrected chi connectivity index (χ2v) is 7.12. The molecule has 116 valence electrons. The lowest BCUT2D eigenvalue weighted by Crippen LogP contribution is -2.48. The molecule has 0 aliphatic heterocycles. The summed E-state index contributed by atoms with van der Waals surface area (Å²) < 4.78 is 25.5. The van der Waals surface area contributed by atoms with Gasteiger partial charge in [-0.1, -0.05) is 12.8 Å². The summed E-state index contributed by atoms with van der Waals surface area (Å²) in [5, 5.41) is 13.9. The smallest absolute Gasteiger partial charge is 0.269 e. The number of non-ortho nitro benzene ring substituents is 1. The number of hydrogen-bond acceptors (Lipinski definition) is 5. The van der Waals surface area contributed by atoms with Gasteiger partial charge in [0.25, 0.3) is 5.69 Å². The number of sulfonamides is 1. The van der Waals surface area contributed by atoms with E-state index in [-0.39, 0.29) is 17.8 Å². The number of nitrogens with one attached hydrogen (secondary N) is 2. The van der Waals surface area contributed by atoms with Gasteiger partial charge in [-0.15, -0.1) is 0 Å². The maximum Gasteiger partial charge on any atom is 0.269 e. The molecule has 0 aromatic heterocycles. The van der Waals surface area contributed by atoms with Gasteiger partial charge in [-0.05, 0) is 25.0 Å².